The van der Waals surface area contributed by atoms with Crippen molar-refractivity contribution in [1.82, 2.24) is 0 Å². The average molecular weight is 109 g/mol. The van der Waals surface area contributed by atoms with Crippen molar-refractivity contribution < 1.29 is 4.52 Å². The van der Waals surface area contributed by atoms with E-state index in [1.165, 1.54) is 0 Å². The maximum absolute atomic E-state index is 4.48. The molecule has 0 aromatic heterocycles. The van der Waals surface area contributed by atoms with Crippen molar-refractivity contribution >= 4 is 18.0 Å². The van der Waals surface area contributed by atoms with E-state index in [4.69, 9.17) is 0 Å². The largest absolute Gasteiger partial charge is 0.314 e. The van der Waals surface area contributed by atoms with Crippen LogP contribution in [0.5, 0.6) is 0 Å². The van der Waals surface area contributed by atoms with Gasteiger partial charge in [0.15, 0.2) is 8.60 Å². The molecule has 0 N–H and O–H groups in total. The molecule has 30 valence electrons. The highest BCUT2D eigenvalue weighted by atomic mass is 31.1. The van der Waals surface area contributed by atoms with Crippen LogP contribution in [0.2, 0.25) is 0 Å². The molecule has 0 spiro atoms. The number of nitrogens with zero attached hydrogens (tertiary/aromatic N) is 1. The second-order valence-electron chi connectivity index (χ2n) is 0.380. The van der Waals surface area contributed by atoms with Crippen molar-refractivity contribution in [2.45, 2.75) is 0 Å². The summed E-state index contributed by atoms with van der Waals surface area (Å²) in [4.78, 5) is 0. The Morgan fingerprint density at radius 1 is 2.00 bits per heavy atom. The summed E-state index contributed by atoms with van der Waals surface area (Å²) in [6.07, 6.45) is 0. The maximum atomic E-state index is 4.48. The first-order chi connectivity index (χ1) is 2.41. The summed E-state index contributed by atoms with van der Waals surface area (Å²) in [7, 11) is 4.45. The molecule has 0 bridgehead atoms. The lowest BCUT2D eigenvalue weighted by atomic mass is 11.8. The molecule has 1 atom stereocenters. The first kappa shape index (κ1) is 5.49. The Morgan fingerprint density at radius 2 is 2.60 bits per heavy atom. The van der Waals surface area contributed by atoms with Crippen LogP contribution in [0.25, 0.3) is 0 Å². The Labute approximate surface area is 35.1 Å². The highest BCUT2D eigenvalue weighted by Gasteiger charge is 1.51. The van der Waals surface area contributed by atoms with Crippen LogP contribution in [0.4, 0.5) is 0 Å². The summed E-state index contributed by atoms with van der Waals surface area (Å²) >= 11 is 0. The van der Waals surface area contributed by atoms with Crippen LogP contribution in [0.1, 0.15) is 0 Å². The second kappa shape index (κ2) is 4.49. The van der Waals surface area contributed by atoms with Gasteiger partial charge in [0.2, 0.25) is 0 Å². The molecule has 0 aliphatic rings. The van der Waals surface area contributed by atoms with E-state index in [0.29, 0.717) is 8.60 Å². The van der Waals surface area contributed by atoms with Crippen molar-refractivity contribution in [3.63, 3.8) is 0 Å². The second-order valence-corrected chi connectivity index (χ2v) is 1.83. The molecule has 0 amide bonds. The van der Waals surface area contributed by atoms with E-state index in [-0.39, 0.29) is 0 Å². The summed E-state index contributed by atoms with van der Waals surface area (Å²) in [6, 6.07) is 0. The van der Waals surface area contributed by atoms with Crippen LogP contribution in [-0.4, -0.2) is 7.11 Å². The molecule has 4 heteroatoms. The van der Waals surface area contributed by atoms with E-state index in [1.54, 1.807) is 7.11 Å². The molecule has 2 nitrogen and oxygen atoms in total. The highest BCUT2D eigenvalue weighted by molar-refractivity contribution is 7.31. The topological polar surface area (TPSA) is 21.6 Å². The molecule has 0 aromatic rings. The van der Waals surface area contributed by atoms with Crippen LogP contribution in [-0.2, 0) is 4.52 Å². The fraction of sp³-hybridized carbons (Fsp3) is 1.00. The van der Waals surface area contributed by atoms with E-state index < -0.39 is 0 Å². The lowest BCUT2D eigenvalue weighted by Crippen LogP contribution is -1.42. The van der Waals surface area contributed by atoms with E-state index in [9.17, 15) is 0 Å². The summed E-state index contributed by atoms with van der Waals surface area (Å²) in [5.74, 6) is 0. The van der Waals surface area contributed by atoms with Gasteiger partial charge in [-0.3, -0.25) is 0 Å². The molecule has 0 fully saturated rings. The van der Waals surface area contributed by atoms with Crippen LogP contribution in [0, 0.1) is 0 Å². The maximum Gasteiger partial charge on any atom is 0.175 e. The molecule has 5 heavy (non-hydrogen) atoms. The standard InChI is InChI=1S/CH5NOP2/c1-3-5-2-4/h4H2,1H3. The van der Waals surface area contributed by atoms with Crippen molar-refractivity contribution in [1.29, 1.82) is 0 Å². The third-order valence-corrected chi connectivity index (χ3v) is 0.669. The lowest BCUT2D eigenvalue weighted by molar-refractivity contribution is 0.482. The SMILES string of the molecule is COP=NP. The van der Waals surface area contributed by atoms with Gasteiger partial charge < -0.3 is 4.52 Å². The predicted octanol–water partition coefficient (Wildman–Crippen LogP) is 1.47. The van der Waals surface area contributed by atoms with Gasteiger partial charge in [0.05, 0.1) is 0 Å². The zero-order valence-corrected chi connectivity index (χ0v) is 4.93. The smallest absolute Gasteiger partial charge is 0.175 e. The number of hydrogen-bond acceptors (Lipinski definition) is 2. The average Bonchev–Trinajstić information content (AvgIpc) is 1.41. The summed E-state index contributed by atoms with van der Waals surface area (Å²) < 4.78 is 8.00. The van der Waals surface area contributed by atoms with E-state index >= 15 is 0 Å². The Bertz CT molecular complexity index is 36.6. The zero-order valence-electron chi connectivity index (χ0n) is 2.88. The van der Waals surface area contributed by atoms with Gasteiger partial charge in [-0.15, -0.1) is 0 Å². The Hall–Kier alpha value is 0.490. The van der Waals surface area contributed by atoms with Crippen LogP contribution >= 0.6 is 18.0 Å². The Balaban J connectivity index is 2.62. The van der Waals surface area contributed by atoms with Crippen LogP contribution < -0.4 is 0 Å². The fourth-order valence-electron chi connectivity index (χ4n) is 0.0471. The van der Waals surface area contributed by atoms with Gasteiger partial charge >= 0.3 is 0 Å². The zero-order chi connectivity index (χ0) is 4.12. The minimum Gasteiger partial charge on any atom is -0.314 e. The van der Waals surface area contributed by atoms with Gasteiger partial charge in [-0.25, -0.2) is 4.52 Å². The van der Waals surface area contributed by atoms with Crippen molar-refractivity contribution in [3.05, 3.63) is 0 Å². The third kappa shape index (κ3) is 4.49. The van der Waals surface area contributed by atoms with E-state index in [2.05, 4.69) is 18.4 Å². The van der Waals surface area contributed by atoms with E-state index in [1.807, 2.05) is 0 Å². The Kier molecular flexibility index (Phi) is 4.93. The minimum absolute atomic E-state index is 0.668. The fourth-order valence-corrected chi connectivity index (χ4v) is 0.424. The van der Waals surface area contributed by atoms with Gasteiger partial charge in [-0.05, 0) is 9.39 Å². The van der Waals surface area contributed by atoms with Crippen molar-refractivity contribution in [3.8, 4) is 0 Å². The molecule has 0 rings (SSSR count). The predicted molar refractivity (Wildman–Crippen MR) is 26.1 cm³/mol. The summed E-state index contributed by atoms with van der Waals surface area (Å²) in [5, 5.41) is 0. The molecule has 0 aromatic carbocycles. The molecule has 0 heterocycles. The molecule has 0 radical (unpaired) electrons. The Morgan fingerprint density at radius 3 is 2.60 bits per heavy atom. The molecular formula is CH5NOP2. The quantitative estimate of drug-likeness (QED) is 0.467. The first-order valence-electron chi connectivity index (χ1n) is 1.05. The van der Waals surface area contributed by atoms with Gasteiger partial charge in [-0.1, -0.05) is 0 Å². The highest BCUT2D eigenvalue weighted by Crippen LogP contribution is 2.01. The summed E-state index contributed by atoms with van der Waals surface area (Å²) in [5.41, 5.74) is 0. The monoisotopic (exact) mass is 109 g/mol. The van der Waals surface area contributed by atoms with Gasteiger partial charge in [0.1, 0.15) is 0 Å². The molecule has 0 saturated heterocycles. The normalized spacial score (nSPS) is 10.0. The van der Waals surface area contributed by atoms with Gasteiger partial charge in [-0.2, -0.15) is 0 Å². The minimum atomic E-state index is 0.668. The van der Waals surface area contributed by atoms with Crippen molar-refractivity contribution in [2.75, 3.05) is 7.11 Å². The number of hydrogen-bond donors (Lipinski definition) is 0. The van der Waals surface area contributed by atoms with E-state index in [0.717, 1.165) is 0 Å². The van der Waals surface area contributed by atoms with Gasteiger partial charge in [0, 0.05) is 7.11 Å². The van der Waals surface area contributed by atoms with Crippen molar-refractivity contribution in [2.24, 2.45) is 4.52 Å². The molecular weight excluding hydrogens is 104 g/mol. The number of rotatable bonds is 1. The molecule has 0 aliphatic heterocycles. The lowest BCUT2D eigenvalue weighted by Gasteiger charge is -1.68. The van der Waals surface area contributed by atoms with Crippen LogP contribution in [0.15, 0.2) is 4.52 Å². The first-order valence-corrected chi connectivity index (χ1v) is 2.33. The van der Waals surface area contributed by atoms with Gasteiger partial charge in [0.25, 0.3) is 0 Å². The summed E-state index contributed by atoms with van der Waals surface area (Å²) in [6.45, 7) is 0. The van der Waals surface area contributed by atoms with Crippen LogP contribution in [0.3, 0.4) is 0 Å². The molecule has 0 saturated carbocycles. The third-order valence-electron chi connectivity index (χ3n) is 0.129. The molecule has 1 unspecified atom stereocenters. The molecule has 0 aliphatic carbocycles.